The number of aromatic nitrogens is 2. The Balaban J connectivity index is 0.000000177. The van der Waals surface area contributed by atoms with E-state index in [9.17, 15) is 5.11 Å². The van der Waals surface area contributed by atoms with Crippen LogP contribution < -0.4 is 14.2 Å². The average molecular weight is 603 g/mol. The van der Waals surface area contributed by atoms with E-state index in [1.807, 2.05) is 105 Å². The standard InChI is InChI=1S/C22H21NO2.C15H15NO2.C2H6/c1-3-7-17(8-4-1)15-24-21-11-18(13-23-14-21)22-12-19(22)16-25-20-9-5-2-6-10-20;17-13-6-11(8-16-9-13)15-7-12(15)10-18-14-4-2-1-3-5-14;1-2/h1-11,13-14,19,22H,12,15-16H2;1-6,8-9,12,15,17H,7,10H2;1-2H3/t19-,22-;12-,15-;/m11./s1. The molecule has 45 heavy (non-hydrogen) atoms. The van der Waals surface area contributed by atoms with E-state index >= 15 is 0 Å². The molecule has 7 rings (SSSR count). The maximum atomic E-state index is 9.39. The third kappa shape index (κ3) is 9.83. The van der Waals surface area contributed by atoms with Crippen LogP contribution in [0.25, 0.3) is 0 Å². The van der Waals surface area contributed by atoms with Crippen molar-refractivity contribution in [1.82, 2.24) is 9.97 Å². The Hall–Kier alpha value is -4.84. The molecule has 0 spiro atoms. The number of para-hydroxylation sites is 2. The van der Waals surface area contributed by atoms with Crippen molar-refractivity contribution in [2.45, 2.75) is 45.1 Å². The van der Waals surface area contributed by atoms with Gasteiger partial charge in [0.05, 0.1) is 25.6 Å². The maximum Gasteiger partial charge on any atom is 0.138 e. The molecule has 0 aliphatic heterocycles. The van der Waals surface area contributed by atoms with Crippen LogP contribution in [0.4, 0.5) is 0 Å². The third-order valence-electron chi connectivity index (χ3n) is 7.84. The second kappa shape index (κ2) is 16.3. The molecule has 6 heteroatoms. The summed E-state index contributed by atoms with van der Waals surface area (Å²) in [5.41, 5.74) is 3.51. The minimum Gasteiger partial charge on any atom is -0.506 e. The monoisotopic (exact) mass is 602 g/mol. The van der Waals surface area contributed by atoms with Crippen LogP contribution in [-0.4, -0.2) is 28.3 Å². The van der Waals surface area contributed by atoms with Crippen molar-refractivity contribution in [3.8, 4) is 23.0 Å². The van der Waals surface area contributed by atoms with Crippen LogP contribution in [0.3, 0.4) is 0 Å². The molecule has 3 aromatic carbocycles. The highest BCUT2D eigenvalue weighted by Crippen LogP contribution is 2.48. The Morgan fingerprint density at radius 2 is 1.07 bits per heavy atom. The number of rotatable bonds is 11. The van der Waals surface area contributed by atoms with Gasteiger partial charge in [-0.1, -0.05) is 80.6 Å². The molecule has 0 unspecified atom stereocenters. The van der Waals surface area contributed by atoms with Crippen LogP contribution in [0.2, 0.25) is 0 Å². The Morgan fingerprint density at radius 1 is 0.578 bits per heavy atom. The van der Waals surface area contributed by atoms with Crippen LogP contribution in [0, 0.1) is 11.8 Å². The summed E-state index contributed by atoms with van der Waals surface area (Å²) < 4.78 is 17.5. The lowest BCUT2D eigenvalue weighted by atomic mass is 10.1. The fourth-order valence-electron chi connectivity index (χ4n) is 5.23. The quantitative estimate of drug-likeness (QED) is 0.163. The van der Waals surface area contributed by atoms with Gasteiger partial charge in [-0.25, -0.2) is 0 Å². The average Bonchev–Trinajstić information content (AvgIpc) is 4.04. The van der Waals surface area contributed by atoms with Gasteiger partial charge in [-0.3, -0.25) is 9.97 Å². The summed E-state index contributed by atoms with van der Waals surface area (Å²) in [5, 5.41) is 9.39. The van der Waals surface area contributed by atoms with Crippen LogP contribution >= 0.6 is 0 Å². The number of hydrogen-bond acceptors (Lipinski definition) is 6. The fraction of sp³-hybridized carbons (Fsp3) is 0.282. The summed E-state index contributed by atoms with van der Waals surface area (Å²) >= 11 is 0. The van der Waals surface area contributed by atoms with E-state index in [-0.39, 0.29) is 5.75 Å². The van der Waals surface area contributed by atoms with Gasteiger partial charge in [-0.05, 0) is 77.8 Å². The molecule has 2 fully saturated rings. The molecule has 0 saturated heterocycles. The van der Waals surface area contributed by atoms with Gasteiger partial charge >= 0.3 is 0 Å². The number of pyridine rings is 2. The molecule has 2 saturated carbocycles. The lowest BCUT2D eigenvalue weighted by Gasteiger charge is -2.08. The molecule has 2 aliphatic rings. The van der Waals surface area contributed by atoms with Crippen molar-refractivity contribution >= 4 is 0 Å². The smallest absolute Gasteiger partial charge is 0.138 e. The largest absolute Gasteiger partial charge is 0.506 e. The molecule has 0 bridgehead atoms. The van der Waals surface area contributed by atoms with E-state index in [0.717, 1.165) is 54.4 Å². The molecule has 5 aromatic rings. The normalized spacial score (nSPS) is 19.1. The predicted octanol–water partition coefficient (Wildman–Crippen LogP) is 8.84. The van der Waals surface area contributed by atoms with E-state index in [4.69, 9.17) is 14.2 Å². The van der Waals surface area contributed by atoms with E-state index in [2.05, 4.69) is 28.2 Å². The maximum absolute atomic E-state index is 9.39. The van der Waals surface area contributed by atoms with Gasteiger partial charge in [0.1, 0.15) is 29.6 Å². The Morgan fingerprint density at radius 3 is 1.60 bits per heavy atom. The van der Waals surface area contributed by atoms with Crippen molar-refractivity contribution in [3.63, 3.8) is 0 Å². The molecule has 2 aromatic heterocycles. The molecular weight excluding hydrogens is 560 g/mol. The van der Waals surface area contributed by atoms with Crippen LogP contribution in [0.5, 0.6) is 23.0 Å². The summed E-state index contributed by atoms with van der Waals surface area (Å²) in [5.74, 6) is 5.02. The summed E-state index contributed by atoms with van der Waals surface area (Å²) in [6.07, 6.45) is 9.27. The highest BCUT2D eigenvalue weighted by Gasteiger charge is 2.40. The van der Waals surface area contributed by atoms with Crippen LogP contribution in [0.15, 0.2) is 128 Å². The zero-order chi connectivity index (χ0) is 31.3. The summed E-state index contributed by atoms with van der Waals surface area (Å²) in [6.45, 7) is 6.05. The van der Waals surface area contributed by atoms with Gasteiger partial charge in [-0.2, -0.15) is 0 Å². The van der Waals surface area contributed by atoms with Crippen molar-refractivity contribution in [1.29, 1.82) is 0 Å². The zero-order valence-electron chi connectivity index (χ0n) is 26.0. The minimum absolute atomic E-state index is 0.238. The summed E-state index contributed by atoms with van der Waals surface area (Å²) in [6, 6.07) is 33.9. The molecule has 0 radical (unpaired) electrons. The first-order valence-electron chi connectivity index (χ1n) is 15.8. The molecule has 232 valence electrons. The number of benzene rings is 3. The van der Waals surface area contributed by atoms with Crippen molar-refractivity contribution in [3.05, 3.63) is 145 Å². The van der Waals surface area contributed by atoms with Crippen LogP contribution in [-0.2, 0) is 6.61 Å². The number of aromatic hydroxyl groups is 1. The second-order valence-corrected chi connectivity index (χ2v) is 11.2. The number of ether oxygens (including phenoxy) is 3. The summed E-state index contributed by atoms with van der Waals surface area (Å²) in [7, 11) is 0. The number of hydrogen-bond donors (Lipinski definition) is 1. The van der Waals surface area contributed by atoms with Crippen LogP contribution in [0.1, 0.15) is 55.2 Å². The molecule has 2 aliphatic carbocycles. The SMILES string of the molecule is CC.Oc1cncc([C@H]2C[C@@H]2COc2ccccc2)c1.c1ccc(COc2cncc([C@H]3C[C@@H]3COc3ccccc3)c2)cc1. The second-order valence-electron chi connectivity index (χ2n) is 11.2. The Kier molecular flexibility index (Phi) is 11.4. The number of nitrogens with zero attached hydrogens (tertiary/aromatic N) is 2. The van der Waals surface area contributed by atoms with Crippen molar-refractivity contribution in [2.75, 3.05) is 13.2 Å². The fourth-order valence-corrected chi connectivity index (χ4v) is 5.23. The van der Waals surface area contributed by atoms with Gasteiger partial charge in [0.25, 0.3) is 0 Å². The third-order valence-corrected chi connectivity index (χ3v) is 7.84. The zero-order valence-corrected chi connectivity index (χ0v) is 26.0. The van der Waals surface area contributed by atoms with Gasteiger partial charge in [0, 0.05) is 24.2 Å². The first-order valence-corrected chi connectivity index (χ1v) is 15.8. The highest BCUT2D eigenvalue weighted by atomic mass is 16.5. The summed E-state index contributed by atoms with van der Waals surface area (Å²) in [4.78, 5) is 8.35. The van der Waals surface area contributed by atoms with Gasteiger partial charge in [0.2, 0.25) is 0 Å². The topological polar surface area (TPSA) is 73.7 Å². The Labute approximate surface area is 266 Å². The minimum atomic E-state index is 0.238. The molecule has 1 N–H and O–H groups in total. The molecule has 0 amide bonds. The molecule has 6 nitrogen and oxygen atoms in total. The van der Waals surface area contributed by atoms with E-state index < -0.39 is 0 Å². The first-order chi connectivity index (χ1) is 22.2. The van der Waals surface area contributed by atoms with Crippen molar-refractivity contribution in [2.24, 2.45) is 11.8 Å². The van der Waals surface area contributed by atoms with Gasteiger partial charge in [-0.15, -0.1) is 0 Å². The first kappa shape index (κ1) is 31.6. The lowest BCUT2D eigenvalue weighted by molar-refractivity contribution is 0.296. The van der Waals surface area contributed by atoms with Gasteiger partial charge < -0.3 is 19.3 Å². The molecule has 2 heterocycles. The molecule has 4 atom stereocenters. The van der Waals surface area contributed by atoms with E-state index in [1.165, 1.54) is 11.8 Å². The Bertz CT molecular complexity index is 1570. The van der Waals surface area contributed by atoms with E-state index in [1.54, 1.807) is 12.3 Å². The highest BCUT2D eigenvalue weighted by molar-refractivity contribution is 5.32. The lowest BCUT2D eigenvalue weighted by Crippen LogP contribution is -2.01. The molecular formula is C39H42N2O4. The van der Waals surface area contributed by atoms with Gasteiger partial charge in [0.15, 0.2) is 0 Å². The predicted molar refractivity (Wildman–Crippen MR) is 178 cm³/mol. The van der Waals surface area contributed by atoms with Crippen molar-refractivity contribution < 1.29 is 19.3 Å². The van der Waals surface area contributed by atoms with E-state index in [0.29, 0.717) is 30.3 Å².